The molecule has 0 aliphatic rings. The molecular formula is C12H14NO9P. The maximum absolute atomic E-state index is 12.0. The Hall–Kier alpha value is -2.26. The first-order valence-electron chi connectivity index (χ1n) is 6.11. The van der Waals surface area contributed by atoms with Crippen molar-refractivity contribution < 1.29 is 43.5 Å². The van der Waals surface area contributed by atoms with Gasteiger partial charge >= 0.3 is 19.8 Å². The Balaban J connectivity index is 2.77. The molecule has 10 nitrogen and oxygen atoms in total. The number of hydrogen-bond acceptors (Lipinski definition) is 6. The summed E-state index contributed by atoms with van der Waals surface area (Å²) < 4.78 is 15.0. The summed E-state index contributed by atoms with van der Waals surface area (Å²) in [7, 11) is -4.70. The lowest BCUT2D eigenvalue weighted by molar-refractivity contribution is -0.141. The second-order valence-corrected chi connectivity index (χ2v) is 5.63. The lowest BCUT2D eigenvalue weighted by Crippen LogP contribution is -2.38. The zero-order chi connectivity index (χ0) is 17.6. The lowest BCUT2D eigenvalue weighted by Gasteiger charge is -2.17. The van der Waals surface area contributed by atoms with Crippen LogP contribution in [0.25, 0.3) is 0 Å². The first-order chi connectivity index (χ1) is 10.6. The third-order valence-corrected chi connectivity index (χ3v) is 2.93. The number of nitrogens with zero attached hydrogens (tertiary/aromatic N) is 1. The van der Waals surface area contributed by atoms with Gasteiger partial charge in [-0.2, -0.15) is 0 Å². The fourth-order valence-corrected chi connectivity index (χ4v) is 2.08. The molecule has 0 aromatic heterocycles. The highest BCUT2D eigenvalue weighted by Gasteiger charge is 2.19. The lowest BCUT2D eigenvalue weighted by atomic mass is 10.1. The van der Waals surface area contributed by atoms with Gasteiger partial charge in [-0.3, -0.25) is 29.1 Å². The molecule has 0 atom stereocenters. The van der Waals surface area contributed by atoms with Crippen LogP contribution in [-0.4, -0.2) is 62.3 Å². The highest BCUT2D eigenvalue weighted by atomic mass is 31.2. The summed E-state index contributed by atoms with van der Waals surface area (Å²) in [5, 5.41) is 17.4. The van der Waals surface area contributed by atoms with Crippen LogP contribution in [0.2, 0.25) is 0 Å². The molecule has 23 heavy (non-hydrogen) atoms. The SMILES string of the molecule is O=C(O)CN(CC(=O)O)CC(=O)c1ccc(OP(=O)(O)O)cc1. The minimum absolute atomic E-state index is 0.115. The van der Waals surface area contributed by atoms with Gasteiger partial charge in [-0.05, 0) is 24.3 Å². The first kappa shape index (κ1) is 18.8. The van der Waals surface area contributed by atoms with Gasteiger partial charge in [0.2, 0.25) is 0 Å². The Labute approximate surface area is 130 Å². The minimum atomic E-state index is -4.70. The second kappa shape index (κ2) is 7.84. The molecule has 0 fully saturated rings. The van der Waals surface area contributed by atoms with Crippen LogP contribution < -0.4 is 4.52 Å². The number of hydrogen-bond donors (Lipinski definition) is 4. The van der Waals surface area contributed by atoms with E-state index in [9.17, 15) is 18.9 Å². The Bertz CT molecular complexity index is 620. The summed E-state index contributed by atoms with van der Waals surface area (Å²) in [5.41, 5.74) is 0.115. The molecule has 0 amide bonds. The molecule has 0 aliphatic heterocycles. The molecule has 0 saturated heterocycles. The first-order valence-corrected chi connectivity index (χ1v) is 7.64. The van der Waals surface area contributed by atoms with E-state index in [1.165, 1.54) is 12.1 Å². The zero-order valence-corrected chi connectivity index (χ0v) is 12.5. The molecule has 126 valence electrons. The van der Waals surface area contributed by atoms with E-state index >= 15 is 0 Å². The van der Waals surface area contributed by atoms with Gasteiger partial charge in [-0.15, -0.1) is 0 Å². The number of ketones is 1. The van der Waals surface area contributed by atoms with Gasteiger partial charge in [-0.25, -0.2) is 4.57 Å². The quantitative estimate of drug-likeness (QED) is 0.348. The van der Waals surface area contributed by atoms with Crippen molar-refractivity contribution >= 4 is 25.5 Å². The summed E-state index contributed by atoms with van der Waals surface area (Å²) in [6.45, 7) is -1.66. The van der Waals surface area contributed by atoms with Crippen molar-refractivity contribution in [1.82, 2.24) is 4.90 Å². The van der Waals surface area contributed by atoms with Crippen molar-refractivity contribution in [2.75, 3.05) is 19.6 Å². The van der Waals surface area contributed by atoms with Crippen molar-refractivity contribution in [2.45, 2.75) is 0 Å². The van der Waals surface area contributed by atoms with Crippen molar-refractivity contribution in [3.63, 3.8) is 0 Å². The van der Waals surface area contributed by atoms with Crippen molar-refractivity contribution in [3.05, 3.63) is 29.8 Å². The molecule has 0 spiro atoms. The Morgan fingerprint density at radius 3 is 1.83 bits per heavy atom. The predicted octanol–water partition coefficient (Wildman–Crippen LogP) is -0.188. The molecule has 0 saturated carbocycles. The van der Waals surface area contributed by atoms with Crippen LogP contribution in [0.1, 0.15) is 10.4 Å². The van der Waals surface area contributed by atoms with Crippen molar-refractivity contribution in [3.8, 4) is 5.75 Å². The van der Waals surface area contributed by atoms with Gasteiger partial charge in [0.15, 0.2) is 5.78 Å². The van der Waals surface area contributed by atoms with Crippen molar-refractivity contribution in [1.29, 1.82) is 0 Å². The minimum Gasteiger partial charge on any atom is -0.480 e. The van der Waals surface area contributed by atoms with Gasteiger partial charge in [-0.1, -0.05) is 0 Å². The fraction of sp³-hybridized carbons (Fsp3) is 0.250. The van der Waals surface area contributed by atoms with Crippen LogP contribution in [0.3, 0.4) is 0 Å². The smallest absolute Gasteiger partial charge is 0.480 e. The van der Waals surface area contributed by atoms with Gasteiger partial charge in [0.05, 0.1) is 19.6 Å². The summed E-state index contributed by atoms with van der Waals surface area (Å²) in [6, 6.07) is 4.77. The van der Waals surface area contributed by atoms with E-state index in [0.29, 0.717) is 0 Å². The molecule has 1 rings (SSSR count). The van der Waals surface area contributed by atoms with E-state index in [1.807, 2.05) is 0 Å². The largest absolute Gasteiger partial charge is 0.524 e. The normalized spacial score (nSPS) is 11.3. The number of Topliss-reactive ketones (excluding diaryl/α,β-unsaturated/α-hetero) is 1. The van der Waals surface area contributed by atoms with Crippen LogP contribution >= 0.6 is 7.82 Å². The van der Waals surface area contributed by atoms with Crippen molar-refractivity contribution in [2.24, 2.45) is 0 Å². The molecular weight excluding hydrogens is 333 g/mol. The third-order valence-electron chi connectivity index (χ3n) is 2.49. The van der Waals surface area contributed by atoms with Gasteiger partial charge in [0.1, 0.15) is 5.75 Å². The Kier molecular flexibility index (Phi) is 6.40. The molecule has 0 unspecified atom stereocenters. The van der Waals surface area contributed by atoms with Crippen LogP contribution in [0, 0.1) is 0 Å². The summed E-state index contributed by atoms with van der Waals surface area (Å²) in [5.74, 6) is -3.24. The maximum atomic E-state index is 12.0. The van der Waals surface area contributed by atoms with E-state index < -0.39 is 45.2 Å². The summed E-state index contributed by atoms with van der Waals surface area (Å²) in [6.07, 6.45) is 0. The van der Waals surface area contributed by atoms with E-state index in [1.54, 1.807) is 0 Å². The molecule has 0 aliphatic carbocycles. The van der Waals surface area contributed by atoms with Crippen LogP contribution in [-0.2, 0) is 14.2 Å². The summed E-state index contributed by atoms with van der Waals surface area (Å²) in [4.78, 5) is 51.5. The third kappa shape index (κ3) is 7.52. The highest BCUT2D eigenvalue weighted by Crippen LogP contribution is 2.37. The fourth-order valence-electron chi connectivity index (χ4n) is 1.68. The zero-order valence-electron chi connectivity index (χ0n) is 11.7. The molecule has 1 aromatic carbocycles. The molecule has 0 radical (unpaired) electrons. The highest BCUT2D eigenvalue weighted by molar-refractivity contribution is 7.46. The molecule has 0 heterocycles. The Morgan fingerprint density at radius 1 is 0.957 bits per heavy atom. The van der Waals surface area contributed by atoms with E-state index in [0.717, 1.165) is 17.0 Å². The average molecular weight is 347 g/mol. The number of phosphoric acid groups is 1. The number of carboxylic acids is 2. The van der Waals surface area contributed by atoms with E-state index in [2.05, 4.69) is 4.52 Å². The Morgan fingerprint density at radius 2 is 1.43 bits per heavy atom. The number of rotatable bonds is 9. The maximum Gasteiger partial charge on any atom is 0.524 e. The van der Waals surface area contributed by atoms with E-state index in [4.69, 9.17) is 20.0 Å². The van der Waals surface area contributed by atoms with Crippen LogP contribution in [0.15, 0.2) is 24.3 Å². The average Bonchev–Trinajstić information content (AvgIpc) is 2.35. The van der Waals surface area contributed by atoms with E-state index in [-0.39, 0.29) is 11.3 Å². The second-order valence-electron chi connectivity index (χ2n) is 4.46. The molecule has 1 aromatic rings. The predicted molar refractivity (Wildman–Crippen MR) is 75.2 cm³/mol. The van der Waals surface area contributed by atoms with Crippen LogP contribution in [0.5, 0.6) is 5.75 Å². The van der Waals surface area contributed by atoms with Crippen LogP contribution in [0.4, 0.5) is 0 Å². The van der Waals surface area contributed by atoms with Gasteiger partial charge in [0.25, 0.3) is 0 Å². The molecule has 0 bridgehead atoms. The standard InChI is InChI=1S/C12H14NO9P/c14-10(5-13(6-11(15)16)7-12(17)18)8-1-3-9(4-2-8)22-23(19,20)21/h1-4H,5-7H2,(H,15,16)(H,17,18)(H2,19,20,21). The molecule has 4 N–H and O–H groups in total. The number of carboxylic acid groups (broad SMARTS) is 2. The topological polar surface area (TPSA) is 162 Å². The number of benzene rings is 1. The number of carbonyl (C=O) groups excluding carboxylic acids is 1. The number of carbonyl (C=O) groups is 3. The number of aliphatic carboxylic acids is 2. The monoisotopic (exact) mass is 347 g/mol. The molecule has 11 heteroatoms. The van der Waals surface area contributed by atoms with Gasteiger partial charge in [0, 0.05) is 5.56 Å². The summed E-state index contributed by atoms with van der Waals surface area (Å²) >= 11 is 0. The number of phosphoric ester groups is 1. The van der Waals surface area contributed by atoms with Gasteiger partial charge < -0.3 is 14.7 Å².